The number of para-hydroxylation sites is 1. The molecule has 1 heterocycles. The molecule has 27 heavy (non-hydrogen) atoms. The first-order valence-corrected chi connectivity index (χ1v) is 7.90. The van der Waals surface area contributed by atoms with Crippen LogP contribution in [0.4, 0.5) is 18.9 Å². The summed E-state index contributed by atoms with van der Waals surface area (Å²) in [7, 11) is 0. The number of fused-ring (bicyclic) bond motifs is 1. The lowest BCUT2D eigenvalue weighted by atomic mass is 10.1. The van der Waals surface area contributed by atoms with Crippen molar-refractivity contribution >= 4 is 29.8 Å². The summed E-state index contributed by atoms with van der Waals surface area (Å²) >= 11 is 0. The van der Waals surface area contributed by atoms with Crippen molar-refractivity contribution in [3.63, 3.8) is 0 Å². The molecule has 2 aromatic rings. The summed E-state index contributed by atoms with van der Waals surface area (Å²) in [5, 5.41) is 8.99. The fraction of sp³-hybridized carbons (Fsp3) is 0.158. The van der Waals surface area contributed by atoms with Gasteiger partial charge in [-0.05, 0) is 23.8 Å². The molecule has 8 heteroatoms. The van der Waals surface area contributed by atoms with E-state index in [1.165, 1.54) is 17.0 Å². The highest BCUT2D eigenvalue weighted by Gasteiger charge is 2.30. The van der Waals surface area contributed by atoms with E-state index in [1.807, 2.05) is 0 Å². The molecule has 0 unspecified atom stereocenters. The van der Waals surface area contributed by atoms with Crippen LogP contribution in [-0.2, 0) is 15.8 Å². The minimum atomic E-state index is -4.40. The molecule has 1 aliphatic heterocycles. The number of carbonyl (C=O) groups is 2. The lowest BCUT2D eigenvalue weighted by Gasteiger charge is -2.29. The van der Waals surface area contributed by atoms with Gasteiger partial charge in [0.15, 0.2) is 5.75 Å². The predicted octanol–water partition coefficient (Wildman–Crippen LogP) is 3.69. The van der Waals surface area contributed by atoms with E-state index in [2.05, 4.69) is 0 Å². The first-order chi connectivity index (χ1) is 12.7. The van der Waals surface area contributed by atoms with E-state index in [-0.39, 0.29) is 18.8 Å². The Morgan fingerprint density at radius 1 is 1.15 bits per heavy atom. The second-order valence-corrected chi connectivity index (χ2v) is 5.87. The Morgan fingerprint density at radius 3 is 2.48 bits per heavy atom. The summed E-state index contributed by atoms with van der Waals surface area (Å²) in [6, 6.07) is 9.61. The molecule has 0 spiro atoms. The summed E-state index contributed by atoms with van der Waals surface area (Å²) in [5.41, 5.74) is 0.766. The Kier molecular flexibility index (Phi) is 4.89. The Balaban J connectivity index is 1.89. The van der Waals surface area contributed by atoms with Crippen LogP contribution in [0.2, 0.25) is 0 Å². The van der Waals surface area contributed by atoms with Gasteiger partial charge in [-0.25, -0.2) is 4.79 Å². The zero-order valence-electron chi connectivity index (χ0n) is 13.9. The number of esters is 1. The maximum Gasteiger partial charge on any atom is 0.416 e. The number of carboxylic acid groups (broad SMARTS) is 1. The van der Waals surface area contributed by atoms with E-state index < -0.39 is 23.7 Å². The van der Waals surface area contributed by atoms with Crippen LogP contribution in [0.3, 0.4) is 0 Å². The van der Waals surface area contributed by atoms with Gasteiger partial charge in [0, 0.05) is 5.56 Å². The van der Waals surface area contributed by atoms with Gasteiger partial charge in [-0.2, -0.15) is 13.2 Å². The summed E-state index contributed by atoms with van der Waals surface area (Å²) in [4.78, 5) is 24.2. The maximum absolute atomic E-state index is 12.6. The van der Waals surface area contributed by atoms with Gasteiger partial charge in [0.2, 0.25) is 0 Å². The van der Waals surface area contributed by atoms with E-state index >= 15 is 0 Å². The van der Waals surface area contributed by atoms with Gasteiger partial charge < -0.3 is 14.7 Å². The molecule has 0 saturated carbocycles. The van der Waals surface area contributed by atoms with Crippen molar-refractivity contribution in [3.8, 4) is 5.75 Å². The van der Waals surface area contributed by atoms with Crippen molar-refractivity contribution < 1.29 is 32.6 Å². The number of nitrogens with zero attached hydrogens (tertiary/aromatic N) is 1. The molecule has 0 aromatic heterocycles. The number of halogens is 3. The van der Waals surface area contributed by atoms with Crippen molar-refractivity contribution in [1.29, 1.82) is 0 Å². The number of alkyl halides is 3. The molecule has 5 nitrogen and oxygen atoms in total. The van der Waals surface area contributed by atoms with E-state index in [1.54, 1.807) is 30.4 Å². The zero-order chi connectivity index (χ0) is 19.6. The molecular weight excluding hydrogens is 363 g/mol. The zero-order valence-corrected chi connectivity index (χ0v) is 13.9. The largest absolute Gasteiger partial charge is 0.480 e. The van der Waals surface area contributed by atoms with Gasteiger partial charge in [-0.15, -0.1) is 0 Å². The molecule has 0 aliphatic carbocycles. The van der Waals surface area contributed by atoms with Crippen LogP contribution in [0.5, 0.6) is 5.75 Å². The number of hydrogen-bond acceptors (Lipinski definition) is 4. The van der Waals surface area contributed by atoms with Crippen molar-refractivity contribution in [1.82, 2.24) is 0 Å². The molecule has 1 aliphatic rings. The SMILES string of the molecule is O=C(O)CN1CC(=O)Oc2c(/C=C/c3ccc(C(F)(F)F)cc3)cccc21. The minimum Gasteiger partial charge on any atom is -0.480 e. The number of ether oxygens (including phenoxy) is 1. The third kappa shape index (κ3) is 4.28. The predicted molar refractivity (Wildman–Crippen MR) is 92.3 cm³/mol. The maximum atomic E-state index is 12.6. The van der Waals surface area contributed by atoms with Crippen LogP contribution in [0.15, 0.2) is 42.5 Å². The molecule has 0 atom stereocenters. The summed E-state index contributed by atoms with van der Waals surface area (Å²) < 4.78 is 43.1. The van der Waals surface area contributed by atoms with Gasteiger partial charge in [-0.1, -0.05) is 36.4 Å². The normalized spacial score (nSPS) is 14.2. The Morgan fingerprint density at radius 2 is 1.85 bits per heavy atom. The molecule has 0 amide bonds. The first kappa shape index (κ1) is 18.5. The van der Waals surface area contributed by atoms with Crippen molar-refractivity contribution in [2.75, 3.05) is 18.0 Å². The van der Waals surface area contributed by atoms with Crippen LogP contribution in [0, 0.1) is 0 Å². The third-order valence-corrected chi connectivity index (χ3v) is 3.92. The smallest absolute Gasteiger partial charge is 0.416 e. The molecule has 140 valence electrons. The van der Waals surface area contributed by atoms with Crippen molar-refractivity contribution in [2.24, 2.45) is 0 Å². The average Bonchev–Trinajstić information content (AvgIpc) is 2.59. The second kappa shape index (κ2) is 7.14. The highest BCUT2D eigenvalue weighted by atomic mass is 19.4. The average molecular weight is 377 g/mol. The summed E-state index contributed by atoms with van der Waals surface area (Å²) in [6.07, 6.45) is -1.22. The number of benzene rings is 2. The van der Waals surface area contributed by atoms with Crippen LogP contribution < -0.4 is 9.64 Å². The van der Waals surface area contributed by atoms with Gasteiger partial charge in [-0.3, -0.25) is 4.79 Å². The molecule has 2 aromatic carbocycles. The fourth-order valence-electron chi connectivity index (χ4n) is 2.69. The molecule has 1 N–H and O–H groups in total. The number of rotatable bonds is 4. The summed E-state index contributed by atoms with van der Waals surface area (Å²) in [6.45, 7) is -0.528. The Hall–Kier alpha value is -3.29. The number of carboxylic acids is 1. The number of aliphatic carboxylic acids is 1. The standard InChI is InChI=1S/C19H14F3NO4/c20-19(21,22)14-8-5-12(6-9-14)4-7-13-2-1-3-15-18(13)27-17(26)11-23(15)10-16(24)25/h1-9H,10-11H2,(H,24,25)/b7-4+. The molecular formula is C19H14F3NO4. The van der Waals surface area contributed by atoms with Gasteiger partial charge in [0.25, 0.3) is 0 Å². The lowest BCUT2D eigenvalue weighted by Crippen LogP contribution is -2.40. The van der Waals surface area contributed by atoms with Crippen LogP contribution in [0.25, 0.3) is 12.2 Å². The highest BCUT2D eigenvalue weighted by molar-refractivity contribution is 5.90. The van der Waals surface area contributed by atoms with Crippen molar-refractivity contribution in [3.05, 3.63) is 59.2 Å². The van der Waals surface area contributed by atoms with E-state index in [0.29, 0.717) is 16.8 Å². The quantitative estimate of drug-likeness (QED) is 0.500. The van der Waals surface area contributed by atoms with E-state index in [0.717, 1.165) is 12.1 Å². The molecule has 0 saturated heterocycles. The van der Waals surface area contributed by atoms with Crippen LogP contribution >= 0.6 is 0 Å². The Labute approximate surface area is 152 Å². The summed E-state index contributed by atoms with van der Waals surface area (Å²) in [5.74, 6) is -1.45. The van der Waals surface area contributed by atoms with Crippen LogP contribution in [0.1, 0.15) is 16.7 Å². The number of hydrogen-bond donors (Lipinski definition) is 1. The monoisotopic (exact) mass is 377 g/mol. The van der Waals surface area contributed by atoms with Crippen molar-refractivity contribution in [2.45, 2.75) is 6.18 Å². The minimum absolute atomic E-state index is 0.175. The van der Waals surface area contributed by atoms with Gasteiger partial charge in [0.1, 0.15) is 13.1 Å². The number of carbonyl (C=O) groups excluding carboxylic acids is 1. The topological polar surface area (TPSA) is 66.8 Å². The first-order valence-electron chi connectivity index (χ1n) is 7.90. The highest BCUT2D eigenvalue weighted by Crippen LogP contribution is 2.36. The molecule has 0 radical (unpaired) electrons. The second-order valence-electron chi connectivity index (χ2n) is 5.87. The Bertz CT molecular complexity index is 904. The van der Waals surface area contributed by atoms with E-state index in [9.17, 15) is 22.8 Å². The lowest BCUT2D eigenvalue weighted by molar-refractivity contribution is -0.138. The van der Waals surface area contributed by atoms with Gasteiger partial charge in [0.05, 0.1) is 11.3 Å². The fourth-order valence-corrected chi connectivity index (χ4v) is 2.69. The number of anilines is 1. The van der Waals surface area contributed by atoms with Crippen LogP contribution in [-0.4, -0.2) is 30.1 Å². The molecule has 3 rings (SSSR count). The third-order valence-electron chi connectivity index (χ3n) is 3.92. The molecule has 0 bridgehead atoms. The van der Waals surface area contributed by atoms with E-state index in [4.69, 9.17) is 9.84 Å². The van der Waals surface area contributed by atoms with Gasteiger partial charge >= 0.3 is 18.1 Å². The molecule has 0 fully saturated rings.